The second kappa shape index (κ2) is 7.23. The molecule has 30 heavy (non-hydrogen) atoms. The SMILES string of the molecule is COc1cc(/C=c2\sc3nc(-c4ccc5c(c4)OCCO5)cn3c2=O)cc(Cl)c1O. The molecule has 4 aromatic rings. The summed E-state index contributed by atoms with van der Waals surface area (Å²) in [4.78, 5) is 18.0. The van der Waals surface area contributed by atoms with Gasteiger partial charge in [0.1, 0.15) is 13.2 Å². The number of thiazole rings is 1. The average Bonchev–Trinajstić information content (AvgIpc) is 3.29. The maximum Gasteiger partial charge on any atom is 0.274 e. The van der Waals surface area contributed by atoms with E-state index in [4.69, 9.17) is 25.8 Å². The molecule has 1 N–H and O–H groups in total. The van der Waals surface area contributed by atoms with Crippen molar-refractivity contribution in [3.63, 3.8) is 0 Å². The van der Waals surface area contributed by atoms with E-state index in [2.05, 4.69) is 4.98 Å². The molecule has 0 bridgehead atoms. The summed E-state index contributed by atoms with van der Waals surface area (Å²) >= 11 is 7.31. The minimum Gasteiger partial charge on any atom is -0.503 e. The van der Waals surface area contributed by atoms with Gasteiger partial charge in [-0.2, -0.15) is 0 Å². The first-order valence-corrected chi connectivity index (χ1v) is 10.2. The van der Waals surface area contributed by atoms with Gasteiger partial charge >= 0.3 is 0 Å². The number of rotatable bonds is 3. The Bertz CT molecular complexity index is 1390. The van der Waals surface area contributed by atoms with Gasteiger partial charge in [-0.15, -0.1) is 0 Å². The summed E-state index contributed by atoms with van der Waals surface area (Å²) in [5, 5.41) is 10.0. The van der Waals surface area contributed by atoms with Crippen molar-refractivity contribution in [1.82, 2.24) is 9.38 Å². The lowest BCUT2D eigenvalue weighted by atomic mass is 10.1. The third kappa shape index (κ3) is 3.14. The van der Waals surface area contributed by atoms with Crippen molar-refractivity contribution in [2.45, 2.75) is 0 Å². The Morgan fingerprint density at radius 2 is 2.03 bits per heavy atom. The molecule has 1 aliphatic heterocycles. The van der Waals surface area contributed by atoms with Crippen LogP contribution in [0.1, 0.15) is 5.56 Å². The molecule has 5 rings (SSSR count). The van der Waals surface area contributed by atoms with E-state index >= 15 is 0 Å². The van der Waals surface area contributed by atoms with Crippen LogP contribution in [-0.2, 0) is 0 Å². The van der Waals surface area contributed by atoms with Crippen molar-refractivity contribution in [3.8, 4) is 34.3 Å². The number of methoxy groups -OCH3 is 1. The summed E-state index contributed by atoms with van der Waals surface area (Å²) in [7, 11) is 1.44. The molecule has 9 heteroatoms. The molecule has 0 spiro atoms. The average molecular weight is 443 g/mol. The highest BCUT2D eigenvalue weighted by Crippen LogP contribution is 2.35. The minimum atomic E-state index is -0.186. The smallest absolute Gasteiger partial charge is 0.274 e. The Kier molecular flexibility index (Phi) is 4.52. The Balaban J connectivity index is 1.56. The number of nitrogens with zero attached hydrogens (tertiary/aromatic N) is 2. The van der Waals surface area contributed by atoms with Crippen molar-refractivity contribution >= 4 is 34.0 Å². The number of imidazole rings is 1. The number of ether oxygens (including phenoxy) is 3. The Labute approximate surface area is 179 Å². The molecule has 0 atom stereocenters. The summed E-state index contributed by atoms with van der Waals surface area (Å²) in [5.41, 5.74) is 1.98. The van der Waals surface area contributed by atoms with Crippen molar-refractivity contribution < 1.29 is 19.3 Å². The molecule has 0 aliphatic carbocycles. The van der Waals surface area contributed by atoms with Gasteiger partial charge in [0.15, 0.2) is 28.0 Å². The van der Waals surface area contributed by atoms with E-state index in [9.17, 15) is 9.90 Å². The lowest BCUT2D eigenvalue weighted by Crippen LogP contribution is -2.22. The number of halogens is 1. The maximum absolute atomic E-state index is 12.9. The molecule has 0 saturated heterocycles. The normalized spacial score (nSPS) is 13.7. The van der Waals surface area contributed by atoms with E-state index in [0.717, 1.165) is 5.56 Å². The van der Waals surface area contributed by atoms with Crippen molar-refractivity contribution in [1.29, 1.82) is 0 Å². The second-order valence-corrected chi connectivity index (χ2v) is 8.02. The minimum absolute atomic E-state index is 0.135. The Morgan fingerprint density at radius 1 is 1.23 bits per heavy atom. The van der Waals surface area contributed by atoms with Crippen LogP contribution in [0.4, 0.5) is 0 Å². The number of benzene rings is 2. The molecule has 2 aromatic carbocycles. The van der Waals surface area contributed by atoms with Crippen LogP contribution in [0.3, 0.4) is 0 Å². The zero-order valence-corrected chi connectivity index (χ0v) is 17.3. The topological polar surface area (TPSA) is 82.3 Å². The summed E-state index contributed by atoms with van der Waals surface area (Å²) in [6.07, 6.45) is 3.40. The number of aromatic nitrogens is 2. The summed E-state index contributed by atoms with van der Waals surface area (Å²) in [5.74, 6) is 1.48. The maximum atomic E-state index is 12.9. The molecule has 0 unspecified atom stereocenters. The molecular weight excluding hydrogens is 428 g/mol. The highest BCUT2D eigenvalue weighted by Gasteiger charge is 2.16. The van der Waals surface area contributed by atoms with Gasteiger partial charge in [0.25, 0.3) is 5.56 Å². The lowest BCUT2D eigenvalue weighted by Gasteiger charge is -2.18. The van der Waals surface area contributed by atoms with Gasteiger partial charge in [-0.3, -0.25) is 9.20 Å². The zero-order valence-electron chi connectivity index (χ0n) is 15.7. The van der Waals surface area contributed by atoms with Crippen LogP contribution in [0.5, 0.6) is 23.0 Å². The van der Waals surface area contributed by atoms with E-state index in [1.54, 1.807) is 24.4 Å². The van der Waals surface area contributed by atoms with Gasteiger partial charge in [-0.1, -0.05) is 22.9 Å². The van der Waals surface area contributed by atoms with Gasteiger partial charge in [0.05, 0.1) is 22.4 Å². The van der Waals surface area contributed by atoms with Gasteiger partial charge in [0.2, 0.25) is 0 Å². The van der Waals surface area contributed by atoms with E-state index in [0.29, 0.717) is 45.5 Å². The quantitative estimate of drug-likeness (QED) is 0.525. The molecule has 0 radical (unpaired) electrons. The first kappa shape index (κ1) is 18.8. The second-order valence-electron chi connectivity index (χ2n) is 6.61. The summed E-state index contributed by atoms with van der Waals surface area (Å²) in [6.45, 7) is 1.04. The number of phenols is 1. The number of fused-ring (bicyclic) bond motifs is 2. The molecule has 7 nitrogen and oxygen atoms in total. The highest BCUT2D eigenvalue weighted by atomic mass is 35.5. The van der Waals surface area contributed by atoms with Gasteiger partial charge in [0, 0.05) is 11.8 Å². The first-order chi connectivity index (χ1) is 14.5. The van der Waals surface area contributed by atoms with Crippen LogP contribution in [0.25, 0.3) is 22.3 Å². The zero-order chi connectivity index (χ0) is 20.8. The van der Waals surface area contributed by atoms with Crippen LogP contribution < -0.4 is 24.3 Å². The number of hydrogen-bond acceptors (Lipinski definition) is 7. The molecule has 2 aromatic heterocycles. The Hall–Kier alpha value is -3.23. The van der Waals surface area contributed by atoms with E-state index in [1.807, 2.05) is 18.2 Å². The molecule has 0 fully saturated rings. The third-order valence-electron chi connectivity index (χ3n) is 4.71. The van der Waals surface area contributed by atoms with Crippen molar-refractivity contribution in [3.05, 3.63) is 62.0 Å². The van der Waals surface area contributed by atoms with E-state index in [1.165, 1.54) is 22.8 Å². The van der Waals surface area contributed by atoms with Crippen LogP contribution in [0.15, 0.2) is 41.3 Å². The predicted octanol–water partition coefficient (Wildman–Crippen LogP) is 3.11. The number of hydrogen-bond donors (Lipinski definition) is 1. The number of aromatic hydroxyl groups is 1. The van der Waals surface area contributed by atoms with Gasteiger partial charge in [-0.05, 0) is 42.0 Å². The molecule has 1 aliphatic rings. The lowest BCUT2D eigenvalue weighted by molar-refractivity contribution is 0.171. The third-order valence-corrected chi connectivity index (χ3v) is 5.98. The standard InChI is InChI=1S/C21H15ClN2O5S/c1-27-17-7-11(6-13(22)19(17)25)8-18-20(26)24-10-14(23-21(24)30-18)12-2-3-15-16(9-12)29-5-4-28-15/h2-3,6-10,25H,4-5H2,1H3/b18-8-. The molecule has 152 valence electrons. The fraction of sp³-hybridized carbons (Fsp3) is 0.143. The van der Waals surface area contributed by atoms with E-state index in [-0.39, 0.29) is 22.1 Å². The monoisotopic (exact) mass is 442 g/mol. The Morgan fingerprint density at radius 3 is 2.80 bits per heavy atom. The summed E-state index contributed by atoms with van der Waals surface area (Å²) < 4.78 is 18.3. The van der Waals surface area contributed by atoms with Crippen molar-refractivity contribution in [2.24, 2.45) is 0 Å². The number of phenolic OH excluding ortho intramolecular Hbond substituents is 1. The van der Waals surface area contributed by atoms with Crippen LogP contribution in [0, 0.1) is 0 Å². The fourth-order valence-electron chi connectivity index (χ4n) is 3.26. The van der Waals surface area contributed by atoms with Crippen LogP contribution >= 0.6 is 22.9 Å². The predicted molar refractivity (Wildman–Crippen MR) is 114 cm³/mol. The van der Waals surface area contributed by atoms with E-state index < -0.39 is 0 Å². The fourth-order valence-corrected chi connectivity index (χ4v) is 4.43. The molecule has 0 amide bonds. The highest BCUT2D eigenvalue weighted by molar-refractivity contribution is 7.15. The molecular formula is C21H15ClN2O5S. The van der Waals surface area contributed by atoms with Gasteiger partial charge < -0.3 is 19.3 Å². The summed E-state index contributed by atoms with van der Waals surface area (Å²) in [6, 6.07) is 8.79. The van der Waals surface area contributed by atoms with Crippen molar-refractivity contribution in [2.75, 3.05) is 20.3 Å². The van der Waals surface area contributed by atoms with Crippen LogP contribution in [-0.4, -0.2) is 34.8 Å². The molecule has 0 saturated carbocycles. The molecule has 3 heterocycles. The largest absolute Gasteiger partial charge is 0.503 e. The van der Waals surface area contributed by atoms with Gasteiger partial charge in [-0.25, -0.2) is 4.98 Å². The van der Waals surface area contributed by atoms with Crippen LogP contribution in [0.2, 0.25) is 5.02 Å². The first-order valence-electron chi connectivity index (χ1n) is 9.03.